The molecular weight excluding hydrogens is 292 g/mol. The summed E-state index contributed by atoms with van der Waals surface area (Å²) in [4.78, 5) is 0. The highest BCUT2D eigenvalue weighted by Gasteiger charge is 2.40. The van der Waals surface area contributed by atoms with Gasteiger partial charge in [0.2, 0.25) is 0 Å². The summed E-state index contributed by atoms with van der Waals surface area (Å²) >= 11 is 0. The average molecular weight is 310 g/mol. The number of benzene rings is 1. The van der Waals surface area contributed by atoms with Crippen LogP contribution in [0.5, 0.6) is 11.5 Å². The summed E-state index contributed by atoms with van der Waals surface area (Å²) in [5, 5.41) is 29.9. The van der Waals surface area contributed by atoms with Gasteiger partial charge in [-0.1, -0.05) is 24.3 Å². The number of fused-ring (bicyclic) bond motifs is 4. The summed E-state index contributed by atoms with van der Waals surface area (Å²) in [5.41, 5.74) is 3.92. The standard InChI is InChI=1S/C19H18O4/c1-2-10-5-11-6-12-9-23-17-7-13(20)3-4-14(17)18(12)15(11)8-16(21)19(10)22/h2-4,7-8,12,18,20-22H,1,5-6,9H2. The van der Waals surface area contributed by atoms with Gasteiger partial charge in [0, 0.05) is 29.0 Å². The molecule has 1 aromatic rings. The maximum atomic E-state index is 10.2. The minimum absolute atomic E-state index is 0.0936. The SMILES string of the molecule is C=CC1=C(O)C(O)=CC2=C(C1)CC1COc3cc(O)ccc3C21. The highest BCUT2D eigenvalue weighted by molar-refractivity contribution is 5.56. The lowest BCUT2D eigenvalue weighted by Gasteiger charge is -2.30. The number of hydrogen-bond donors (Lipinski definition) is 3. The first kappa shape index (κ1) is 14.0. The molecule has 0 bridgehead atoms. The number of phenols is 1. The van der Waals surface area contributed by atoms with Gasteiger partial charge in [0.1, 0.15) is 11.5 Å². The third-order valence-electron chi connectivity index (χ3n) is 5.00. The van der Waals surface area contributed by atoms with Crippen molar-refractivity contribution in [2.24, 2.45) is 5.92 Å². The van der Waals surface area contributed by atoms with Crippen molar-refractivity contribution in [2.45, 2.75) is 18.8 Å². The van der Waals surface area contributed by atoms with E-state index in [0.717, 1.165) is 17.6 Å². The monoisotopic (exact) mass is 310 g/mol. The molecule has 3 N–H and O–H groups in total. The first-order valence-electron chi connectivity index (χ1n) is 7.71. The predicted molar refractivity (Wildman–Crippen MR) is 86.7 cm³/mol. The van der Waals surface area contributed by atoms with E-state index < -0.39 is 0 Å². The smallest absolute Gasteiger partial charge is 0.160 e. The second-order valence-corrected chi connectivity index (χ2v) is 6.32. The van der Waals surface area contributed by atoms with Crippen LogP contribution in [-0.2, 0) is 0 Å². The van der Waals surface area contributed by atoms with Gasteiger partial charge in [-0.2, -0.15) is 0 Å². The molecular formula is C19H18O4. The summed E-state index contributed by atoms with van der Waals surface area (Å²) in [6.07, 6.45) is 4.73. The zero-order valence-corrected chi connectivity index (χ0v) is 12.6. The van der Waals surface area contributed by atoms with Crippen LogP contribution in [0.25, 0.3) is 0 Å². The van der Waals surface area contributed by atoms with Gasteiger partial charge < -0.3 is 20.1 Å². The third-order valence-corrected chi connectivity index (χ3v) is 5.00. The zero-order chi connectivity index (χ0) is 16.1. The predicted octanol–water partition coefficient (Wildman–Crippen LogP) is 4.03. The van der Waals surface area contributed by atoms with Crippen LogP contribution in [-0.4, -0.2) is 21.9 Å². The fraction of sp³-hybridized carbons (Fsp3) is 0.263. The molecule has 2 atom stereocenters. The third kappa shape index (κ3) is 2.05. The number of hydrogen-bond acceptors (Lipinski definition) is 4. The molecule has 3 aliphatic rings. The number of phenolic OH excluding ortho intramolecular Hbond substituents is 1. The fourth-order valence-electron chi connectivity index (χ4n) is 3.93. The molecule has 0 fully saturated rings. The number of ether oxygens (including phenoxy) is 1. The van der Waals surface area contributed by atoms with Gasteiger partial charge in [-0.05, 0) is 30.6 Å². The van der Waals surface area contributed by atoms with Crippen LogP contribution in [0.4, 0.5) is 0 Å². The fourth-order valence-corrected chi connectivity index (χ4v) is 3.93. The number of aliphatic hydroxyl groups is 2. The summed E-state index contributed by atoms with van der Waals surface area (Å²) in [7, 11) is 0. The Balaban J connectivity index is 1.83. The summed E-state index contributed by atoms with van der Waals surface area (Å²) in [6, 6.07) is 5.18. The average Bonchev–Trinajstić information content (AvgIpc) is 2.83. The van der Waals surface area contributed by atoms with Gasteiger partial charge in [0.15, 0.2) is 11.5 Å². The molecule has 23 heavy (non-hydrogen) atoms. The van der Waals surface area contributed by atoms with E-state index in [0.29, 0.717) is 30.3 Å². The van der Waals surface area contributed by atoms with E-state index in [1.165, 1.54) is 5.57 Å². The van der Waals surface area contributed by atoms with Crippen molar-refractivity contribution in [3.05, 3.63) is 70.7 Å². The van der Waals surface area contributed by atoms with Crippen LogP contribution in [0.2, 0.25) is 0 Å². The number of rotatable bonds is 1. The molecule has 1 aromatic carbocycles. The molecule has 0 amide bonds. The first-order chi connectivity index (χ1) is 11.1. The van der Waals surface area contributed by atoms with Crippen molar-refractivity contribution in [3.8, 4) is 11.5 Å². The highest BCUT2D eigenvalue weighted by Crippen LogP contribution is 2.53. The lowest BCUT2D eigenvalue weighted by molar-refractivity contribution is 0.212. The number of aromatic hydroxyl groups is 1. The van der Waals surface area contributed by atoms with Crippen LogP contribution in [0.1, 0.15) is 24.3 Å². The molecule has 0 saturated heterocycles. The minimum Gasteiger partial charge on any atom is -0.508 e. The summed E-state index contributed by atoms with van der Waals surface area (Å²) in [5.74, 6) is 1.10. The van der Waals surface area contributed by atoms with E-state index in [9.17, 15) is 15.3 Å². The molecule has 4 rings (SSSR count). The Morgan fingerprint density at radius 3 is 2.83 bits per heavy atom. The normalized spacial score (nSPS) is 25.8. The van der Waals surface area contributed by atoms with Crippen molar-refractivity contribution in [3.63, 3.8) is 0 Å². The first-order valence-corrected chi connectivity index (χ1v) is 7.71. The van der Waals surface area contributed by atoms with Crippen molar-refractivity contribution >= 4 is 0 Å². The molecule has 0 radical (unpaired) electrons. The quantitative estimate of drug-likeness (QED) is 0.732. The van der Waals surface area contributed by atoms with Crippen LogP contribution in [0.15, 0.2) is 65.2 Å². The summed E-state index contributed by atoms with van der Waals surface area (Å²) < 4.78 is 5.81. The second kappa shape index (κ2) is 4.95. The Morgan fingerprint density at radius 2 is 2.04 bits per heavy atom. The van der Waals surface area contributed by atoms with E-state index >= 15 is 0 Å². The topological polar surface area (TPSA) is 69.9 Å². The van der Waals surface area contributed by atoms with Crippen LogP contribution < -0.4 is 4.74 Å². The molecule has 2 aliphatic carbocycles. The number of allylic oxidation sites excluding steroid dienone is 5. The van der Waals surface area contributed by atoms with Gasteiger partial charge in [0.25, 0.3) is 0 Å². The molecule has 118 valence electrons. The molecule has 0 saturated carbocycles. The van der Waals surface area contributed by atoms with Gasteiger partial charge >= 0.3 is 0 Å². The molecule has 1 aliphatic heterocycles. The molecule has 4 nitrogen and oxygen atoms in total. The van der Waals surface area contributed by atoms with Crippen molar-refractivity contribution in [1.29, 1.82) is 0 Å². The zero-order valence-electron chi connectivity index (χ0n) is 12.6. The maximum absolute atomic E-state index is 10.2. The van der Waals surface area contributed by atoms with E-state index in [-0.39, 0.29) is 23.2 Å². The highest BCUT2D eigenvalue weighted by atomic mass is 16.5. The van der Waals surface area contributed by atoms with Gasteiger partial charge in [0.05, 0.1) is 6.61 Å². The van der Waals surface area contributed by atoms with E-state index in [2.05, 4.69) is 6.58 Å². The van der Waals surface area contributed by atoms with Gasteiger partial charge in [-0.3, -0.25) is 0 Å². The lowest BCUT2D eigenvalue weighted by atomic mass is 9.82. The number of aliphatic hydroxyl groups excluding tert-OH is 2. The Bertz CT molecular complexity index is 798. The Hall–Kier alpha value is -2.62. The second-order valence-electron chi connectivity index (χ2n) is 6.32. The Kier molecular flexibility index (Phi) is 3.01. The van der Waals surface area contributed by atoms with Crippen molar-refractivity contribution in [2.75, 3.05) is 6.61 Å². The van der Waals surface area contributed by atoms with Crippen LogP contribution in [0, 0.1) is 5.92 Å². The minimum atomic E-state index is -0.114. The van der Waals surface area contributed by atoms with Crippen molar-refractivity contribution in [1.82, 2.24) is 0 Å². The summed E-state index contributed by atoms with van der Waals surface area (Å²) in [6.45, 7) is 4.32. The van der Waals surface area contributed by atoms with E-state index in [1.807, 2.05) is 6.07 Å². The van der Waals surface area contributed by atoms with E-state index in [4.69, 9.17) is 4.74 Å². The Labute approximate surface area is 134 Å². The van der Waals surface area contributed by atoms with Crippen molar-refractivity contribution < 1.29 is 20.1 Å². The molecule has 0 aromatic heterocycles. The van der Waals surface area contributed by atoms with Crippen LogP contribution >= 0.6 is 0 Å². The molecule has 1 heterocycles. The Morgan fingerprint density at radius 1 is 1.22 bits per heavy atom. The van der Waals surface area contributed by atoms with Gasteiger partial charge in [-0.25, -0.2) is 0 Å². The van der Waals surface area contributed by atoms with Gasteiger partial charge in [-0.15, -0.1) is 0 Å². The molecule has 4 heteroatoms. The molecule has 2 unspecified atom stereocenters. The molecule has 0 spiro atoms. The maximum Gasteiger partial charge on any atom is 0.160 e. The van der Waals surface area contributed by atoms with E-state index in [1.54, 1.807) is 24.3 Å². The largest absolute Gasteiger partial charge is 0.508 e. The van der Waals surface area contributed by atoms with Crippen LogP contribution in [0.3, 0.4) is 0 Å². The lowest BCUT2D eigenvalue weighted by Crippen LogP contribution is -2.23.